The third-order valence-electron chi connectivity index (χ3n) is 3.28. The summed E-state index contributed by atoms with van der Waals surface area (Å²) in [4.78, 5) is 12.0. The molecule has 4 heteroatoms. The van der Waals surface area contributed by atoms with Gasteiger partial charge < -0.3 is 9.84 Å². The maximum atomic E-state index is 12.0. The average molecular weight is 298 g/mol. The van der Waals surface area contributed by atoms with Crippen molar-refractivity contribution < 1.29 is 14.6 Å². The highest BCUT2D eigenvalue weighted by atomic mass is 32.1. The first-order chi connectivity index (χ1) is 10.2. The first-order valence-electron chi connectivity index (χ1n) is 6.65. The van der Waals surface area contributed by atoms with Crippen molar-refractivity contribution in [1.82, 2.24) is 0 Å². The second-order valence-corrected chi connectivity index (χ2v) is 5.44. The minimum atomic E-state index is -0.348. The van der Waals surface area contributed by atoms with Gasteiger partial charge >= 0.3 is 5.97 Å². The van der Waals surface area contributed by atoms with Crippen molar-refractivity contribution in [3.8, 4) is 16.9 Å². The second kappa shape index (κ2) is 5.58. The van der Waals surface area contributed by atoms with Crippen molar-refractivity contribution in [2.24, 2.45) is 0 Å². The van der Waals surface area contributed by atoms with E-state index in [1.54, 1.807) is 36.5 Å². The van der Waals surface area contributed by atoms with Crippen LogP contribution in [0.25, 0.3) is 21.9 Å². The Kier molecular flexibility index (Phi) is 3.62. The van der Waals surface area contributed by atoms with E-state index in [-0.39, 0.29) is 11.7 Å². The molecule has 0 saturated carbocycles. The molecule has 0 aliphatic rings. The maximum Gasteiger partial charge on any atom is 0.338 e. The van der Waals surface area contributed by atoms with E-state index < -0.39 is 0 Å². The van der Waals surface area contributed by atoms with Gasteiger partial charge in [0.15, 0.2) is 0 Å². The zero-order chi connectivity index (χ0) is 14.8. The van der Waals surface area contributed by atoms with E-state index in [1.807, 2.05) is 29.0 Å². The number of carbonyl (C=O) groups excluding carboxylic acids is 1. The van der Waals surface area contributed by atoms with Gasteiger partial charge in [0, 0.05) is 0 Å². The zero-order valence-electron chi connectivity index (χ0n) is 11.5. The molecule has 21 heavy (non-hydrogen) atoms. The number of rotatable bonds is 3. The highest BCUT2D eigenvalue weighted by Crippen LogP contribution is 2.33. The largest absolute Gasteiger partial charge is 0.508 e. The summed E-state index contributed by atoms with van der Waals surface area (Å²) in [5, 5.41) is 15.5. The number of fused-ring (bicyclic) bond motifs is 1. The van der Waals surface area contributed by atoms with E-state index in [9.17, 15) is 9.90 Å². The Morgan fingerprint density at radius 1 is 1.24 bits per heavy atom. The maximum absolute atomic E-state index is 12.0. The van der Waals surface area contributed by atoms with Crippen LogP contribution >= 0.6 is 11.3 Å². The number of benzene rings is 2. The van der Waals surface area contributed by atoms with Crippen LogP contribution in [0, 0.1) is 0 Å². The van der Waals surface area contributed by atoms with Crippen molar-refractivity contribution >= 4 is 28.1 Å². The van der Waals surface area contributed by atoms with Crippen molar-refractivity contribution in [3.63, 3.8) is 0 Å². The first kappa shape index (κ1) is 13.6. The van der Waals surface area contributed by atoms with Crippen LogP contribution in [0.5, 0.6) is 5.75 Å². The molecule has 0 fully saturated rings. The molecule has 0 amide bonds. The molecule has 0 spiro atoms. The fourth-order valence-electron chi connectivity index (χ4n) is 2.35. The van der Waals surface area contributed by atoms with Crippen LogP contribution in [-0.2, 0) is 4.74 Å². The smallest absolute Gasteiger partial charge is 0.338 e. The molecule has 1 aromatic heterocycles. The lowest BCUT2D eigenvalue weighted by Gasteiger charge is -2.09. The molecule has 0 aliphatic heterocycles. The number of hydrogen-bond acceptors (Lipinski definition) is 4. The molecule has 3 aromatic rings. The number of aromatic hydroxyl groups is 1. The number of phenols is 1. The van der Waals surface area contributed by atoms with Crippen LogP contribution in [0.2, 0.25) is 0 Å². The minimum absolute atomic E-state index is 0.180. The van der Waals surface area contributed by atoms with Crippen molar-refractivity contribution in [2.75, 3.05) is 6.61 Å². The predicted octanol–water partition coefficient (Wildman–Crippen LogP) is 4.45. The Morgan fingerprint density at radius 3 is 2.81 bits per heavy atom. The minimum Gasteiger partial charge on any atom is -0.508 e. The predicted molar refractivity (Wildman–Crippen MR) is 84.9 cm³/mol. The molecule has 0 saturated heterocycles. The summed E-state index contributed by atoms with van der Waals surface area (Å²) in [5.74, 6) is -0.168. The van der Waals surface area contributed by atoms with Gasteiger partial charge in [-0.1, -0.05) is 6.07 Å². The number of thiophene rings is 1. The Bertz CT molecular complexity index is 791. The highest BCUT2D eigenvalue weighted by molar-refractivity contribution is 7.08. The monoisotopic (exact) mass is 298 g/mol. The Labute approximate surface area is 126 Å². The molecule has 0 bridgehead atoms. The molecule has 0 unspecified atom stereocenters. The summed E-state index contributed by atoms with van der Waals surface area (Å²) >= 11 is 1.61. The third kappa shape index (κ3) is 2.62. The van der Waals surface area contributed by atoms with Gasteiger partial charge in [-0.05, 0) is 69.9 Å². The molecule has 1 heterocycles. The first-order valence-corrected chi connectivity index (χ1v) is 7.60. The number of esters is 1. The summed E-state index contributed by atoms with van der Waals surface area (Å²) in [5.41, 5.74) is 2.52. The fraction of sp³-hybridized carbons (Fsp3) is 0.118. The summed E-state index contributed by atoms with van der Waals surface area (Å²) < 4.78 is 5.08. The zero-order valence-corrected chi connectivity index (χ0v) is 12.3. The Hall–Kier alpha value is -2.33. The lowest BCUT2D eigenvalue weighted by molar-refractivity contribution is 0.0526. The molecular formula is C17H14O3S. The number of phenolic OH excluding ortho intramolecular Hbond substituents is 1. The van der Waals surface area contributed by atoms with E-state index in [0.717, 1.165) is 21.9 Å². The van der Waals surface area contributed by atoms with Gasteiger partial charge in [0.05, 0.1) is 12.2 Å². The number of carbonyl (C=O) groups is 1. The summed E-state index contributed by atoms with van der Waals surface area (Å²) in [6.07, 6.45) is 0. The molecule has 0 atom stereocenters. The Morgan fingerprint density at radius 2 is 2.10 bits per heavy atom. The molecular weight excluding hydrogens is 284 g/mol. The molecule has 2 aromatic carbocycles. The highest BCUT2D eigenvalue weighted by Gasteiger charge is 2.13. The second-order valence-electron chi connectivity index (χ2n) is 4.66. The van der Waals surface area contributed by atoms with E-state index >= 15 is 0 Å². The van der Waals surface area contributed by atoms with E-state index in [0.29, 0.717) is 12.2 Å². The van der Waals surface area contributed by atoms with E-state index in [1.165, 1.54) is 0 Å². The molecule has 3 rings (SSSR count). The summed E-state index contributed by atoms with van der Waals surface area (Å²) in [6.45, 7) is 2.12. The quantitative estimate of drug-likeness (QED) is 0.727. The van der Waals surface area contributed by atoms with Gasteiger partial charge in [-0.2, -0.15) is 11.3 Å². The van der Waals surface area contributed by atoms with Crippen LogP contribution in [0.1, 0.15) is 17.3 Å². The lowest BCUT2D eigenvalue weighted by Crippen LogP contribution is -2.04. The lowest BCUT2D eigenvalue weighted by atomic mass is 9.97. The summed E-state index contributed by atoms with van der Waals surface area (Å²) in [7, 11) is 0. The normalized spacial score (nSPS) is 10.7. The molecule has 0 aliphatic carbocycles. The molecule has 0 radical (unpaired) electrons. The SMILES string of the molecule is CCOC(=O)c1cc(-c2ccsc2)c2ccc(O)cc2c1. The standard InChI is InChI=1S/C17H14O3S/c1-2-20-17(19)13-7-12-8-14(18)3-4-15(12)16(9-13)11-5-6-21-10-11/h3-10,18H,2H2,1H3. The van der Waals surface area contributed by atoms with Gasteiger partial charge in [0.2, 0.25) is 0 Å². The molecule has 3 nitrogen and oxygen atoms in total. The van der Waals surface area contributed by atoms with Gasteiger partial charge in [0.1, 0.15) is 5.75 Å². The van der Waals surface area contributed by atoms with Crippen LogP contribution in [0.3, 0.4) is 0 Å². The van der Waals surface area contributed by atoms with Crippen molar-refractivity contribution in [3.05, 3.63) is 52.7 Å². The van der Waals surface area contributed by atoms with Gasteiger partial charge in [-0.15, -0.1) is 0 Å². The molecule has 106 valence electrons. The van der Waals surface area contributed by atoms with Crippen LogP contribution in [-0.4, -0.2) is 17.7 Å². The van der Waals surface area contributed by atoms with Crippen molar-refractivity contribution in [1.29, 1.82) is 0 Å². The topological polar surface area (TPSA) is 46.5 Å². The van der Waals surface area contributed by atoms with Crippen molar-refractivity contribution in [2.45, 2.75) is 6.92 Å². The summed E-state index contributed by atoms with van der Waals surface area (Å²) in [6, 6.07) is 10.8. The van der Waals surface area contributed by atoms with Crippen LogP contribution in [0.15, 0.2) is 47.2 Å². The van der Waals surface area contributed by atoms with Gasteiger partial charge in [-0.3, -0.25) is 0 Å². The number of ether oxygens (including phenoxy) is 1. The van der Waals surface area contributed by atoms with Gasteiger partial charge in [0.25, 0.3) is 0 Å². The third-order valence-corrected chi connectivity index (χ3v) is 3.96. The fourth-order valence-corrected chi connectivity index (χ4v) is 3.00. The van der Waals surface area contributed by atoms with Crippen LogP contribution < -0.4 is 0 Å². The van der Waals surface area contributed by atoms with E-state index in [4.69, 9.17) is 4.74 Å². The average Bonchev–Trinajstić information content (AvgIpc) is 3.00. The molecule has 1 N–H and O–H groups in total. The van der Waals surface area contributed by atoms with Gasteiger partial charge in [-0.25, -0.2) is 4.79 Å². The van der Waals surface area contributed by atoms with E-state index in [2.05, 4.69) is 0 Å². The number of hydrogen-bond donors (Lipinski definition) is 1. The Balaban J connectivity index is 2.25. The van der Waals surface area contributed by atoms with Crippen LogP contribution in [0.4, 0.5) is 0 Å².